The molecule has 16 heavy (non-hydrogen) atoms. The number of aromatic nitrogens is 2. The fourth-order valence-electron chi connectivity index (χ4n) is 1.44. The van der Waals surface area contributed by atoms with E-state index in [4.69, 9.17) is 23.2 Å². The van der Waals surface area contributed by atoms with E-state index in [1.807, 2.05) is 19.9 Å². The quantitative estimate of drug-likeness (QED) is 0.890. The first kappa shape index (κ1) is 11.4. The first-order valence-electron chi connectivity index (χ1n) is 4.99. The van der Waals surface area contributed by atoms with Crippen LogP contribution in [0.1, 0.15) is 12.5 Å². The molecule has 0 aliphatic heterocycles. The van der Waals surface area contributed by atoms with Crippen LogP contribution in [-0.2, 0) is 0 Å². The van der Waals surface area contributed by atoms with Crippen molar-refractivity contribution in [3.05, 3.63) is 27.9 Å². The topological polar surface area (TPSA) is 37.8 Å². The Labute approximate surface area is 104 Å². The molecule has 1 heterocycles. The number of nitrogens with one attached hydrogen (secondary N) is 1. The van der Waals surface area contributed by atoms with Crippen LogP contribution in [0.5, 0.6) is 0 Å². The molecule has 0 saturated carbocycles. The number of anilines is 1. The lowest BCUT2D eigenvalue weighted by Gasteiger charge is -2.07. The number of nitrogens with zero attached hydrogens (tertiary/aromatic N) is 2. The van der Waals surface area contributed by atoms with E-state index in [0.29, 0.717) is 21.5 Å². The summed E-state index contributed by atoms with van der Waals surface area (Å²) >= 11 is 12.0. The van der Waals surface area contributed by atoms with Crippen LogP contribution in [0.4, 0.5) is 5.82 Å². The van der Waals surface area contributed by atoms with Gasteiger partial charge in [0.15, 0.2) is 11.0 Å². The first-order valence-corrected chi connectivity index (χ1v) is 5.74. The third-order valence-electron chi connectivity index (χ3n) is 2.25. The Morgan fingerprint density at radius 1 is 1.19 bits per heavy atom. The van der Waals surface area contributed by atoms with Gasteiger partial charge < -0.3 is 5.32 Å². The van der Waals surface area contributed by atoms with Crippen molar-refractivity contribution in [2.24, 2.45) is 0 Å². The van der Waals surface area contributed by atoms with Crippen LogP contribution in [-0.4, -0.2) is 16.5 Å². The summed E-state index contributed by atoms with van der Waals surface area (Å²) < 4.78 is 0. The van der Waals surface area contributed by atoms with Gasteiger partial charge in [0.25, 0.3) is 0 Å². The van der Waals surface area contributed by atoms with Crippen molar-refractivity contribution in [3.8, 4) is 0 Å². The zero-order valence-corrected chi connectivity index (χ0v) is 10.5. The normalized spacial score (nSPS) is 10.8. The Balaban J connectivity index is 2.65. The summed E-state index contributed by atoms with van der Waals surface area (Å²) in [5.41, 5.74) is 2.48. The Bertz CT molecular complexity index is 540. The van der Waals surface area contributed by atoms with Gasteiger partial charge in [-0.2, -0.15) is 0 Å². The molecule has 0 fully saturated rings. The van der Waals surface area contributed by atoms with Crippen LogP contribution >= 0.6 is 23.2 Å². The third kappa shape index (κ3) is 2.06. The lowest BCUT2D eigenvalue weighted by Crippen LogP contribution is -2.01. The fraction of sp³-hybridized carbons (Fsp3) is 0.273. The Morgan fingerprint density at radius 2 is 1.88 bits per heavy atom. The maximum absolute atomic E-state index is 6.01. The van der Waals surface area contributed by atoms with Crippen molar-refractivity contribution in [1.82, 2.24) is 9.97 Å². The Morgan fingerprint density at radius 3 is 2.56 bits per heavy atom. The zero-order valence-electron chi connectivity index (χ0n) is 9.01. The van der Waals surface area contributed by atoms with Gasteiger partial charge in [0, 0.05) is 11.6 Å². The number of rotatable bonds is 2. The van der Waals surface area contributed by atoms with Gasteiger partial charge in [-0.3, -0.25) is 0 Å². The molecule has 0 amide bonds. The minimum atomic E-state index is 0.370. The molecule has 1 N–H and O–H groups in total. The average Bonchev–Trinajstić information content (AvgIpc) is 2.23. The monoisotopic (exact) mass is 255 g/mol. The van der Waals surface area contributed by atoms with Gasteiger partial charge in [0.2, 0.25) is 0 Å². The van der Waals surface area contributed by atoms with E-state index in [1.165, 1.54) is 0 Å². The van der Waals surface area contributed by atoms with E-state index in [-0.39, 0.29) is 0 Å². The van der Waals surface area contributed by atoms with Crippen molar-refractivity contribution >= 4 is 40.1 Å². The largest absolute Gasteiger partial charge is 0.368 e. The second kappa shape index (κ2) is 4.44. The van der Waals surface area contributed by atoms with Crippen LogP contribution in [0.15, 0.2) is 12.1 Å². The standard InChI is InChI=1S/C11H11Cl2N3/c1-3-14-11-10(13)15-9-5-7(12)6(2)4-8(9)16-11/h4-5H,3H2,1-2H3,(H,14,16). The van der Waals surface area contributed by atoms with E-state index in [2.05, 4.69) is 15.3 Å². The van der Waals surface area contributed by atoms with E-state index in [9.17, 15) is 0 Å². The highest BCUT2D eigenvalue weighted by Gasteiger charge is 2.07. The highest BCUT2D eigenvalue weighted by atomic mass is 35.5. The number of aryl methyl sites for hydroxylation is 1. The van der Waals surface area contributed by atoms with Gasteiger partial charge in [-0.1, -0.05) is 23.2 Å². The van der Waals surface area contributed by atoms with Crippen LogP contribution in [0.2, 0.25) is 10.2 Å². The number of fused-ring (bicyclic) bond motifs is 1. The summed E-state index contributed by atoms with van der Waals surface area (Å²) in [5, 5.41) is 4.11. The van der Waals surface area contributed by atoms with E-state index >= 15 is 0 Å². The summed E-state index contributed by atoms with van der Waals surface area (Å²) in [5.74, 6) is 0.610. The molecule has 0 aliphatic carbocycles. The van der Waals surface area contributed by atoms with Gasteiger partial charge in [0.1, 0.15) is 0 Å². The summed E-state index contributed by atoms with van der Waals surface area (Å²) in [6, 6.07) is 3.68. The van der Waals surface area contributed by atoms with Crippen molar-refractivity contribution < 1.29 is 0 Å². The first-order chi connectivity index (χ1) is 7.61. The maximum atomic E-state index is 6.01. The molecule has 2 aromatic rings. The second-order valence-corrected chi connectivity index (χ2v) is 4.25. The predicted octanol–water partition coefficient (Wildman–Crippen LogP) is 3.68. The predicted molar refractivity (Wildman–Crippen MR) is 68.5 cm³/mol. The Kier molecular flexibility index (Phi) is 3.17. The SMILES string of the molecule is CCNc1nc2cc(C)c(Cl)cc2nc1Cl. The molecule has 0 unspecified atom stereocenters. The molecule has 1 aromatic heterocycles. The second-order valence-electron chi connectivity index (χ2n) is 3.48. The Hall–Kier alpha value is -1.06. The van der Waals surface area contributed by atoms with Crippen molar-refractivity contribution in [2.45, 2.75) is 13.8 Å². The molecule has 5 heteroatoms. The van der Waals surface area contributed by atoms with E-state index in [1.54, 1.807) is 6.07 Å². The summed E-state index contributed by atoms with van der Waals surface area (Å²) in [4.78, 5) is 8.65. The number of halogens is 2. The smallest absolute Gasteiger partial charge is 0.172 e. The summed E-state index contributed by atoms with van der Waals surface area (Å²) in [7, 11) is 0. The molecule has 0 aliphatic rings. The van der Waals surface area contributed by atoms with Crippen molar-refractivity contribution in [2.75, 3.05) is 11.9 Å². The van der Waals surface area contributed by atoms with Crippen LogP contribution in [0, 0.1) is 6.92 Å². The average molecular weight is 256 g/mol. The van der Waals surface area contributed by atoms with Crippen molar-refractivity contribution in [1.29, 1.82) is 0 Å². The molecule has 2 rings (SSSR count). The van der Waals surface area contributed by atoms with Gasteiger partial charge in [-0.15, -0.1) is 0 Å². The minimum absolute atomic E-state index is 0.370. The van der Waals surface area contributed by atoms with Crippen LogP contribution < -0.4 is 5.32 Å². The molecule has 0 atom stereocenters. The lowest BCUT2D eigenvalue weighted by molar-refractivity contribution is 1.15. The van der Waals surface area contributed by atoms with Crippen LogP contribution in [0.25, 0.3) is 11.0 Å². The number of benzene rings is 1. The molecular weight excluding hydrogens is 245 g/mol. The maximum Gasteiger partial charge on any atom is 0.172 e. The van der Waals surface area contributed by atoms with Gasteiger partial charge >= 0.3 is 0 Å². The van der Waals surface area contributed by atoms with Crippen molar-refractivity contribution in [3.63, 3.8) is 0 Å². The zero-order chi connectivity index (χ0) is 11.7. The highest BCUT2D eigenvalue weighted by Crippen LogP contribution is 2.25. The summed E-state index contributed by atoms with van der Waals surface area (Å²) in [6.07, 6.45) is 0. The molecule has 0 saturated heterocycles. The fourth-order valence-corrected chi connectivity index (χ4v) is 1.80. The van der Waals surface area contributed by atoms with E-state index < -0.39 is 0 Å². The highest BCUT2D eigenvalue weighted by molar-refractivity contribution is 6.33. The molecule has 3 nitrogen and oxygen atoms in total. The van der Waals surface area contributed by atoms with E-state index in [0.717, 1.165) is 17.6 Å². The third-order valence-corrected chi connectivity index (χ3v) is 2.92. The van der Waals surface area contributed by atoms with Gasteiger partial charge in [-0.05, 0) is 31.5 Å². The number of hydrogen-bond acceptors (Lipinski definition) is 3. The number of hydrogen-bond donors (Lipinski definition) is 1. The molecule has 1 aromatic carbocycles. The van der Waals surface area contributed by atoms with Crippen LogP contribution in [0.3, 0.4) is 0 Å². The molecule has 0 bridgehead atoms. The minimum Gasteiger partial charge on any atom is -0.368 e. The molecule has 0 radical (unpaired) electrons. The van der Waals surface area contributed by atoms with Gasteiger partial charge in [0.05, 0.1) is 11.0 Å². The molecule has 0 spiro atoms. The molecule has 84 valence electrons. The lowest BCUT2D eigenvalue weighted by atomic mass is 10.2. The summed E-state index contributed by atoms with van der Waals surface area (Å²) in [6.45, 7) is 4.67. The molecular formula is C11H11Cl2N3. The van der Waals surface area contributed by atoms with Gasteiger partial charge in [-0.25, -0.2) is 9.97 Å².